The van der Waals surface area contributed by atoms with Gasteiger partial charge in [0, 0.05) is 6.42 Å². The highest BCUT2D eigenvalue weighted by Gasteiger charge is 2.16. The third kappa shape index (κ3) is 6.47. The van der Waals surface area contributed by atoms with E-state index in [0.29, 0.717) is 18.8 Å². The Kier molecular flexibility index (Phi) is 7.49. The number of carbonyl (C=O) groups excluding carboxylic acids is 1. The second-order valence-electron chi connectivity index (χ2n) is 5.66. The predicted octanol–water partition coefficient (Wildman–Crippen LogP) is 3.19. The maximum Gasteiger partial charge on any atom is 0.303 e. The molecule has 2 aromatic rings. The lowest BCUT2D eigenvalue weighted by molar-refractivity contribution is -0.137. The molecule has 26 heavy (non-hydrogen) atoms. The first-order valence-electron chi connectivity index (χ1n) is 8.50. The minimum atomic E-state index is -0.897. The summed E-state index contributed by atoms with van der Waals surface area (Å²) in [5.41, 5.74) is 0.864. The van der Waals surface area contributed by atoms with Crippen molar-refractivity contribution in [2.45, 2.75) is 25.8 Å². The fourth-order valence-corrected chi connectivity index (χ4v) is 2.46. The topological polar surface area (TPSA) is 84.9 Å². The molecule has 6 heteroatoms. The largest absolute Gasteiger partial charge is 0.494 e. The fraction of sp³-hybridized carbons (Fsp3) is 0.300. The number of carboxylic acids is 1. The van der Waals surface area contributed by atoms with Crippen LogP contribution in [0.4, 0.5) is 0 Å². The third-order valence-electron chi connectivity index (χ3n) is 3.69. The summed E-state index contributed by atoms with van der Waals surface area (Å²) in [7, 11) is 0. The van der Waals surface area contributed by atoms with E-state index in [0.717, 1.165) is 11.3 Å². The zero-order chi connectivity index (χ0) is 18.8. The van der Waals surface area contributed by atoms with Crippen molar-refractivity contribution in [3.8, 4) is 11.5 Å². The summed E-state index contributed by atoms with van der Waals surface area (Å²) in [5.74, 6) is 0.0939. The molecule has 0 fully saturated rings. The van der Waals surface area contributed by atoms with Crippen LogP contribution in [0, 0.1) is 0 Å². The van der Waals surface area contributed by atoms with Gasteiger partial charge in [-0.25, -0.2) is 0 Å². The molecule has 0 radical (unpaired) electrons. The summed E-state index contributed by atoms with van der Waals surface area (Å²) in [6.45, 7) is 2.34. The maximum absolute atomic E-state index is 12.2. The number of hydrogen-bond acceptors (Lipinski definition) is 4. The van der Waals surface area contributed by atoms with Gasteiger partial charge in [0.05, 0.1) is 12.6 Å². The van der Waals surface area contributed by atoms with Crippen LogP contribution < -0.4 is 14.8 Å². The van der Waals surface area contributed by atoms with Gasteiger partial charge in [0.25, 0.3) is 5.91 Å². The average molecular weight is 357 g/mol. The van der Waals surface area contributed by atoms with Crippen molar-refractivity contribution < 1.29 is 24.2 Å². The summed E-state index contributed by atoms with van der Waals surface area (Å²) in [6, 6.07) is 15.9. The van der Waals surface area contributed by atoms with E-state index in [-0.39, 0.29) is 25.0 Å². The van der Waals surface area contributed by atoms with E-state index >= 15 is 0 Å². The smallest absolute Gasteiger partial charge is 0.303 e. The van der Waals surface area contributed by atoms with Crippen LogP contribution in [0.2, 0.25) is 0 Å². The molecule has 0 saturated carbocycles. The molecule has 0 bridgehead atoms. The highest BCUT2D eigenvalue weighted by Crippen LogP contribution is 2.19. The van der Waals surface area contributed by atoms with E-state index in [1.165, 1.54) is 0 Å². The minimum Gasteiger partial charge on any atom is -0.494 e. The van der Waals surface area contributed by atoms with Crippen LogP contribution in [-0.4, -0.2) is 30.2 Å². The van der Waals surface area contributed by atoms with Gasteiger partial charge >= 0.3 is 5.97 Å². The number of carboxylic acid groups (broad SMARTS) is 1. The lowest BCUT2D eigenvalue weighted by Crippen LogP contribution is -2.33. The molecule has 0 aliphatic heterocycles. The molecule has 1 amide bonds. The quantitative estimate of drug-likeness (QED) is 0.682. The molecule has 1 atom stereocenters. The molecule has 138 valence electrons. The number of carbonyl (C=O) groups is 2. The van der Waals surface area contributed by atoms with Gasteiger partial charge in [-0.1, -0.05) is 30.3 Å². The van der Waals surface area contributed by atoms with Crippen LogP contribution in [0.1, 0.15) is 31.4 Å². The number of aliphatic carboxylic acids is 1. The Morgan fingerprint density at radius 1 is 1.00 bits per heavy atom. The average Bonchev–Trinajstić information content (AvgIpc) is 2.65. The summed E-state index contributed by atoms with van der Waals surface area (Å²) in [4.78, 5) is 23.1. The SMILES string of the molecule is CCOc1ccc(OCC(=O)NC(CCC(=O)O)c2ccccc2)cc1. The summed E-state index contributed by atoms with van der Waals surface area (Å²) < 4.78 is 10.8. The van der Waals surface area contributed by atoms with Crippen LogP contribution in [0.25, 0.3) is 0 Å². The number of ether oxygens (including phenoxy) is 2. The first kappa shape index (κ1) is 19.3. The number of amides is 1. The number of benzene rings is 2. The normalized spacial score (nSPS) is 11.4. The van der Waals surface area contributed by atoms with Crippen molar-refractivity contribution in [1.82, 2.24) is 5.32 Å². The Hall–Kier alpha value is -3.02. The Balaban J connectivity index is 1.90. The Morgan fingerprint density at radius 3 is 2.19 bits per heavy atom. The second kappa shape index (κ2) is 10.1. The monoisotopic (exact) mass is 357 g/mol. The second-order valence-corrected chi connectivity index (χ2v) is 5.66. The zero-order valence-corrected chi connectivity index (χ0v) is 14.7. The molecule has 0 spiro atoms. The van der Waals surface area contributed by atoms with Crippen molar-refractivity contribution in [3.05, 3.63) is 60.2 Å². The molecule has 0 heterocycles. The molecule has 1 unspecified atom stereocenters. The van der Waals surface area contributed by atoms with Crippen LogP contribution >= 0.6 is 0 Å². The van der Waals surface area contributed by atoms with Crippen molar-refractivity contribution in [2.24, 2.45) is 0 Å². The zero-order valence-electron chi connectivity index (χ0n) is 14.7. The van der Waals surface area contributed by atoms with Gasteiger partial charge in [-0.05, 0) is 43.2 Å². The van der Waals surface area contributed by atoms with E-state index in [1.54, 1.807) is 24.3 Å². The van der Waals surface area contributed by atoms with Crippen molar-refractivity contribution >= 4 is 11.9 Å². The van der Waals surface area contributed by atoms with E-state index in [2.05, 4.69) is 5.32 Å². The van der Waals surface area contributed by atoms with Gasteiger partial charge in [-0.2, -0.15) is 0 Å². The molecule has 6 nitrogen and oxygen atoms in total. The third-order valence-corrected chi connectivity index (χ3v) is 3.69. The van der Waals surface area contributed by atoms with Gasteiger partial charge in [0.2, 0.25) is 0 Å². The van der Waals surface area contributed by atoms with E-state index in [1.807, 2.05) is 37.3 Å². The van der Waals surface area contributed by atoms with Crippen LogP contribution in [0.15, 0.2) is 54.6 Å². The van der Waals surface area contributed by atoms with Gasteiger partial charge in [-0.3, -0.25) is 9.59 Å². The van der Waals surface area contributed by atoms with Crippen LogP contribution in [0.3, 0.4) is 0 Å². The first-order chi connectivity index (χ1) is 12.6. The highest BCUT2D eigenvalue weighted by atomic mass is 16.5. The summed E-state index contributed by atoms with van der Waals surface area (Å²) in [5, 5.41) is 11.7. The van der Waals surface area contributed by atoms with E-state index in [4.69, 9.17) is 14.6 Å². The number of nitrogens with one attached hydrogen (secondary N) is 1. The van der Waals surface area contributed by atoms with Crippen LogP contribution in [0.5, 0.6) is 11.5 Å². The molecule has 0 aliphatic rings. The summed E-state index contributed by atoms with van der Waals surface area (Å²) >= 11 is 0. The Morgan fingerprint density at radius 2 is 1.62 bits per heavy atom. The molecule has 0 saturated heterocycles. The lowest BCUT2D eigenvalue weighted by Gasteiger charge is -2.18. The van der Waals surface area contributed by atoms with E-state index in [9.17, 15) is 9.59 Å². The van der Waals surface area contributed by atoms with Crippen molar-refractivity contribution in [1.29, 1.82) is 0 Å². The van der Waals surface area contributed by atoms with Gasteiger partial charge < -0.3 is 19.9 Å². The Labute approximate surface area is 152 Å². The van der Waals surface area contributed by atoms with Crippen molar-refractivity contribution in [2.75, 3.05) is 13.2 Å². The molecule has 2 rings (SSSR count). The predicted molar refractivity (Wildman–Crippen MR) is 97.3 cm³/mol. The summed E-state index contributed by atoms with van der Waals surface area (Å²) in [6.07, 6.45) is 0.285. The van der Waals surface area contributed by atoms with Gasteiger partial charge in [0.15, 0.2) is 6.61 Å². The Bertz CT molecular complexity index is 700. The number of hydrogen-bond donors (Lipinski definition) is 2. The number of rotatable bonds is 10. The maximum atomic E-state index is 12.2. The molecule has 0 aromatic heterocycles. The molecule has 2 aromatic carbocycles. The van der Waals surface area contributed by atoms with E-state index < -0.39 is 5.97 Å². The highest BCUT2D eigenvalue weighted by molar-refractivity contribution is 5.78. The molecule has 2 N–H and O–H groups in total. The first-order valence-corrected chi connectivity index (χ1v) is 8.50. The lowest BCUT2D eigenvalue weighted by atomic mass is 10.0. The molecular formula is C20H23NO5. The fourth-order valence-electron chi connectivity index (χ4n) is 2.46. The van der Waals surface area contributed by atoms with Crippen molar-refractivity contribution in [3.63, 3.8) is 0 Å². The minimum absolute atomic E-state index is 0.0282. The van der Waals surface area contributed by atoms with Crippen LogP contribution in [-0.2, 0) is 9.59 Å². The molecular weight excluding hydrogens is 334 g/mol. The molecule has 0 aliphatic carbocycles. The van der Waals surface area contributed by atoms with Gasteiger partial charge in [0.1, 0.15) is 11.5 Å². The standard InChI is InChI=1S/C20H23NO5/c1-2-25-16-8-10-17(11-9-16)26-14-19(22)21-18(12-13-20(23)24)15-6-4-3-5-7-15/h3-11,18H,2,12-14H2,1H3,(H,21,22)(H,23,24). The van der Waals surface area contributed by atoms with Gasteiger partial charge in [-0.15, -0.1) is 0 Å².